The fraction of sp³-hybridized carbons (Fsp3) is 0.273. The maximum Gasteiger partial charge on any atom is 0.335 e. The van der Waals surface area contributed by atoms with Crippen LogP contribution in [0.5, 0.6) is 0 Å². The number of nitrogens with zero attached hydrogens (tertiary/aromatic N) is 1. The summed E-state index contributed by atoms with van der Waals surface area (Å²) in [6, 6.07) is 3.54. The topological polar surface area (TPSA) is 58.9 Å². The van der Waals surface area contributed by atoms with Crippen LogP contribution in [-0.4, -0.2) is 16.8 Å². The molecule has 86 valence electrons. The molecule has 0 amide bonds. The number of benzene rings is 1. The Morgan fingerprint density at radius 3 is 2.75 bits per heavy atom. The number of hydrogen-bond acceptors (Lipinski definition) is 3. The standard InChI is InChI=1S/C11H12FNO3/c1-7(2)13-16-6-9-5-8(11(14)15)3-4-10(9)12/h3-5H,6H2,1-2H3,(H,14,15). The Hall–Kier alpha value is -1.91. The highest BCUT2D eigenvalue weighted by molar-refractivity contribution is 5.87. The largest absolute Gasteiger partial charge is 0.478 e. The number of carbonyl (C=O) groups is 1. The summed E-state index contributed by atoms with van der Waals surface area (Å²) in [6.45, 7) is 3.40. The van der Waals surface area contributed by atoms with E-state index in [-0.39, 0.29) is 17.7 Å². The van der Waals surface area contributed by atoms with Gasteiger partial charge in [-0.3, -0.25) is 0 Å². The van der Waals surface area contributed by atoms with Gasteiger partial charge in [0.15, 0.2) is 0 Å². The monoisotopic (exact) mass is 225 g/mol. The Labute approximate surface area is 92.3 Å². The van der Waals surface area contributed by atoms with Crippen molar-refractivity contribution in [1.82, 2.24) is 0 Å². The molecule has 0 aliphatic heterocycles. The average Bonchev–Trinajstić information content (AvgIpc) is 2.20. The molecule has 0 aliphatic carbocycles. The van der Waals surface area contributed by atoms with E-state index in [1.165, 1.54) is 12.1 Å². The molecule has 0 bridgehead atoms. The molecule has 0 atom stereocenters. The molecule has 0 spiro atoms. The van der Waals surface area contributed by atoms with E-state index >= 15 is 0 Å². The van der Waals surface area contributed by atoms with Crippen molar-refractivity contribution in [2.45, 2.75) is 20.5 Å². The molecule has 0 heterocycles. The SMILES string of the molecule is CC(C)=NOCc1cc(C(=O)O)ccc1F. The van der Waals surface area contributed by atoms with Gasteiger partial charge >= 0.3 is 5.97 Å². The maximum absolute atomic E-state index is 13.2. The number of hydrogen-bond donors (Lipinski definition) is 1. The van der Waals surface area contributed by atoms with Gasteiger partial charge in [0.2, 0.25) is 0 Å². The predicted octanol–water partition coefficient (Wildman–Crippen LogP) is 2.44. The minimum absolute atomic E-state index is 0.0252. The van der Waals surface area contributed by atoms with Crippen molar-refractivity contribution in [3.05, 3.63) is 35.1 Å². The molecule has 1 N–H and O–H groups in total. The van der Waals surface area contributed by atoms with E-state index in [9.17, 15) is 9.18 Å². The van der Waals surface area contributed by atoms with Crippen LogP contribution in [0, 0.1) is 5.82 Å². The first-order valence-electron chi connectivity index (χ1n) is 4.65. The molecule has 1 rings (SSSR count). The van der Waals surface area contributed by atoms with E-state index in [4.69, 9.17) is 9.94 Å². The molecule has 1 aromatic rings. The molecular formula is C11H12FNO3. The Morgan fingerprint density at radius 2 is 2.19 bits per heavy atom. The molecule has 1 aromatic carbocycles. The summed E-state index contributed by atoms with van der Waals surface area (Å²) in [4.78, 5) is 15.5. The van der Waals surface area contributed by atoms with Crippen LogP contribution < -0.4 is 0 Å². The van der Waals surface area contributed by atoms with Crippen LogP contribution in [0.15, 0.2) is 23.4 Å². The lowest BCUT2D eigenvalue weighted by molar-refractivity contribution is 0.0696. The zero-order valence-corrected chi connectivity index (χ0v) is 9.03. The van der Waals surface area contributed by atoms with Crippen molar-refractivity contribution < 1.29 is 19.1 Å². The predicted molar refractivity (Wildman–Crippen MR) is 56.9 cm³/mol. The second-order valence-electron chi connectivity index (χ2n) is 3.42. The lowest BCUT2D eigenvalue weighted by Gasteiger charge is -2.03. The quantitative estimate of drug-likeness (QED) is 0.632. The Balaban J connectivity index is 2.82. The van der Waals surface area contributed by atoms with Crippen molar-refractivity contribution >= 4 is 11.7 Å². The number of rotatable bonds is 4. The van der Waals surface area contributed by atoms with Gasteiger partial charge in [-0.25, -0.2) is 9.18 Å². The molecule has 0 unspecified atom stereocenters. The number of oxime groups is 1. The van der Waals surface area contributed by atoms with Crippen LogP contribution in [-0.2, 0) is 11.4 Å². The second kappa shape index (κ2) is 5.25. The molecular weight excluding hydrogens is 213 g/mol. The lowest BCUT2D eigenvalue weighted by atomic mass is 10.1. The van der Waals surface area contributed by atoms with Crippen molar-refractivity contribution in [1.29, 1.82) is 0 Å². The number of carboxylic acids is 1. The Bertz CT molecular complexity index is 425. The van der Waals surface area contributed by atoms with Crippen LogP contribution in [0.4, 0.5) is 4.39 Å². The molecule has 0 fully saturated rings. The highest BCUT2D eigenvalue weighted by Gasteiger charge is 2.08. The van der Waals surface area contributed by atoms with Gasteiger partial charge < -0.3 is 9.94 Å². The van der Waals surface area contributed by atoms with Crippen molar-refractivity contribution in [2.75, 3.05) is 0 Å². The first-order valence-corrected chi connectivity index (χ1v) is 4.65. The van der Waals surface area contributed by atoms with E-state index in [0.29, 0.717) is 5.71 Å². The van der Waals surface area contributed by atoms with Crippen LogP contribution in [0.2, 0.25) is 0 Å². The average molecular weight is 225 g/mol. The minimum atomic E-state index is -1.10. The summed E-state index contributed by atoms with van der Waals surface area (Å²) in [5.41, 5.74) is 0.900. The number of halogens is 1. The van der Waals surface area contributed by atoms with E-state index < -0.39 is 11.8 Å². The van der Waals surface area contributed by atoms with Gasteiger partial charge in [-0.15, -0.1) is 0 Å². The van der Waals surface area contributed by atoms with Gasteiger partial charge in [0, 0.05) is 5.56 Å². The second-order valence-corrected chi connectivity index (χ2v) is 3.42. The normalized spacial score (nSPS) is 9.69. The Morgan fingerprint density at radius 1 is 1.50 bits per heavy atom. The fourth-order valence-electron chi connectivity index (χ4n) is 1.05. The van der Waals surface area contributed by atoms with E-state index in [1.807, 2.05) is 0 Å². The van der Waals surface area contributed by atoms with Crippen LogP contribution in [0.3, 0.4) is 0 Å². The summed E-state index contributed by atoms with van der Waals surface area (Å²) in [7, 11) is 0. The van der Waals surface area contributed by atoms with E-state index in [2.05, 4.69) is 5.16 Å². The maximum atomic E-state index is 13.2. The van der Waals surface area contributed by atoms with Gasteiger partial charge in [-0.05, 0) is 32.0 Å². The summed E-state index contributed by atoms with van der Waals surface area (Å²) in [5.74, 6) is -1.61. The summed E-state index contributed by atoms with van der Waals surface area (Å²) < 4.78 is 13.2. The van der Waals surface area contributed by atoms with Gasteiger partial charge in [0.1, 0.15) is 12.4 Å². The van der Waals surface area contributed by atoms with Gasteiger partial charge in [-0.1, -0.05) is 5.16 Å². The fourth-order valence-corrected chi connectivity index (χ4v) is 1.05. The smallest absolute Gasteiger partial charge is 0.335 e. The molecule has 4 nitrogen and oxygen atoms in total. The van der Waals surface area contributed by atoms with Gasteiger partial charge in [0.05, 0.1) is 11.3 Å². The van der Waals surface area contributed by atoms with Crippen LogP contribution in [0.1, 0.15) is 29.8 Å². The lowest BCUT2D eigenvalue weighted by Crippen LogP contribution is -2.00. The molecule has 0 radical (unpaired) electrons. The first-order chi connectivity index (χ1) is 7.50. The van der Waals surface area contributed by atoms with Crippen LogP contribution >= 0.6 is 0 Å². The van der Waals surface area contributed by atoms with Gasteiger partial charge in [0.25, 0.3) is 0 Å². The minimum Gasteiger partial charge on any atom is -0.478 e. The summed E-state index contributed by atoms with van der Waals surface area (Å²) >= 11 is 0. The zero-order chi connectivity index (χ0) is 12.1. The first kappa shape index (κ1) is 12.2. The summed E-state index contributed by atoms with van der Waals surface area (Å²) in [5, 5.41) is 12.4. The van der Waals surface area contributed by atoms with Crippen molar-refractivity contribution in [2.24, 2.45) is 5.16 Å². The highest BCUT2D eigenvalue weighted by atomic mass is 19.1. The molecule has 0 aliphatic rings. The molecule has 0 aromatic heterocycles. The van der Waals surface area contributed by atoms with E-state index in [1.54, 1.807) is 13.8 Å². The third-order valence-electron chi connectivity index (χ3n) is 1.76. The third kappa shape index (κ3) is 3.34. The molecule has 5 heteroatoms. The molecule has 0 saturated heterocycles. The van der Waals surface area contributed by atoms with Gasteiger partial charge in [-0.2, -0.15) is 0 Å². The van der Waals surface area contributed by atoms with Crippen LogP contribution in [0.25, 0.3) is 0 Å². The summed E-state index contributed by atoms with van der Waals surface area (Å²) in [6.07, 6.45) is 0. The highest BCUT2D eigenvalue weighted by Crippen LogP contribution is 2.12. The van der Waals surface area contributed by atoms with Crippen molar-refractivity contribution in [3.8, 4) is 0 Å². The van der Waals surface area contributed by atoms with E-state index in [0.717, 1.165) is 6.07 Å². The zero-order valence-electron chi connectivity index (χ0n) is 9.03. The third-order valence-corrected chi connectivity index (χ3v) is 1.76. The number of carboxylic acid groups (broad SMARTS) is 1. The molecule has 16 heavy (non-hydrogen) atoms. The number of aromatic carboxylic acids is 1. The Kier molecular flexibility index (Phi) is 3.99. The molecule has 0 saturated carbocycles. The van der Waals surface area contributed by atoms with Crippen molar-refractivity contribution in [3.63, 3.8) is 0 Å².